The average molecular weight is 349 g/mol. The van der Waals surface area contributed by atoms with Crippen molar-refractivity contribution in [1.29, 1.82) is 0 Å². The van der Waals surface area contributed by atoms with Gasteiger partial charge in [0.05, 0.1) is 12.6 Å². The van der Waals surface area contributed by atoms with Crippen LogP contribution < -0.4 is 10.6 Å². The van der Waals surface area contributed by atoms with E-state index < -0.39 is 0 Å². The second kappa shape index (κ2) is 10.4. The van der Waals surface area contributed by atoms with Gasteiger partial charge in [0.25, 0.3) is 0 Å². The smallest absolute Gasteiger partial charge is 0.191 e. The van der Waals surface area contributed by atoms with Crippen LogP contribution in [0.2, 0.25) is 0 Å². The first-order valence-electron chi connectivity index (χ1n) is 9.04. The quantitative estimate of drug-likeness (QED) is 0.560. The number of rotatable bonds is 8. The van der Waals surface area contributed by atoms with Crippen LogP contribution >= 0.6 is 0 Å². The molecular formula is C20H36N4O. The first-order chi connectivity index (χ1) is 11.8. The summed E-state index contributed by atoms with van der Waals surface area (Å²) >= 11 is 0. The van der Waals surface area contributed by atoms with Crippen molar-refractivity contribution in [3.63, 3.8) is 0 Å². The van der Waals surface area contributed by atoms with Gasteiger partial charge in [-0.05, 0) is 37.6 Å². The Morgan fingerprint density at radius 2 is 1.80 bits per heavy atom. The lowest BCUT2D eigenvalue weighted by Gasteiger charge is -2.30. The first-order valence-corrected chi connectivity index (χ1v) is 9.04. The molecule has 1 aromatic rings. The SMILES string of the molecule is CCNC(=NCc1ccccc1CN(C)C)NCC(OC)C(C)(C)C. The van der Waals surface area contributed by atoms with Crippen molar-refractivity contribution in [3.05, 3.63) is 35.4 Å². The summed E-state index contributed by atoms with van der Waals surface area (Å²) in [7, 11) is 5.94. The van der Waals surface area contributed by atoms with Gasteiger partial charge in [0.2, 0.25) is 0 Å². The molecule has 0 aliphatic carbocycles. The summed E-state index contributed by atoms with van der Waals surface area (Å²) in [4.78, 5) is 6.94. The molecule has 0 saturated heterocycles. The molecule has 1 aromatic carbocycles. The highest BCUT2D eigenvalue weighted by atomic mass is 16.5. The number of nitrogens with one attached hydrogen (secondary N) is 2. The Hall–Kier alpha value is -1.59. The predicted molar refractivity (Wildman–Crippen MR) is 107 cm³/mol. The number of hydrogen-bond donors (Lipinski definition) is 2. The minimum Gasteiger partial charge on any atom is -0.379 e. The standard InChI is InChI=1S/C20H36N4O/c1-8-21-19(23-14-18(25-7)20(2,3)4)22-13-16-11-9-10-12-17(16)15-24(5)6/h9-12,18H,8,13-15H2,1-7H3,(H2,21,22,23). The molecule has 0 fully saturated rings. The Morgan fingerprint density at radius 3 is 2.32 bits per heavy atom. The number of methoxy groups -OCH3 is 1. The van der Waals surface area contributed by atoms with Crippen LogP contribution in [0.5, 0.6) is 0 Å². The minimum absolute atomic E-state index is 0.0807. The summed E-state index contributed by atoms with van der Waals surface area (Å²) in [5, 5.41) is 6.73. The summed E-state index contributed by atoms with van der Waals surface area (Å²) in [6.07, 6.45) is 0.123. The lowest BCUT2D eigenvalue weighted by Crippen LogP contribution is -2.45. The Bertz CT molecular complexity index is 535. The Labute approximate surface area is 153 Å². The maximum atomic E-state index is 5.62. The van der Waals surface area contributed by atoms with Crippen LogP contribution in [0.3, 0.4) is 0 Å². The van der Waals surface area contributed by atoms with E-state index in [1.165, 1.54) is 11.1 Å². The van der Waals surface area contributed by atoms with E-state index in [-0.39, 0.29) is 11.5 Å². The zero-order chi connectivity index (χ0) is 18.9. The maximum absolute atomic E-state index is 5.62. The molecule has 0 aromatic heterocycles. The number of nitrogens with zero attached hydrogens (tertiary/aromatic N) is 2. The van der Waals surface area contributed by atoms with E-state index in [1.54, 1.807) is 7.11 Å². The van der Waals surface area contributed by atoms with E-state index in [1.807, 2.05) is 0 Å². The topological polar surface area (TPSA) is 48.9 Å². The van der Waals surface area contributed by atoms with E-state index in [2.05, 4.69) is 81.6 Å². The molecule has 0 bridgehead atoms. The average Bonchev–Trinajstić information content (AvgIpc) is 2.52. The summed E-state index contributed by atoms with van der Waals surface area (Å²) in [5.74, 6) is 0.827. The fraction of sp³-hybridized carbons (Fsp3) is 0.650. The van der Waals surface area contributed by atoms with Gasteiger partial charge in [0.1, 0.15) is 0 Å². The monoisotopic (exact) mass is 348 g/mol. The van der Waals surface area contributed by atoms with Gasteiger partial charge in [0, 0.05) is 26.7 Å². The van der Waals surface area contributed by atoms with Crippen molar-refractivity contribution < 1.29 is 4.74 Å². The van der Waals surface area contributed by atoms with Crippen molar-refractivity contribution in [2.24, 2.45) is 10.4 Å². The molecule has 0 aliphatic rings. The first kappa shape index (κ1) is 21.5. The Balaban J connectivity index is 2.79. The van der Waals surface area contributed by atoms with Crippen LogP contribution in [-0.4, -0.2) is 51.3 Å². The Kier molecular flexibility index (Phi) is 8.93. The molecule has 5 heteroatoms. The molecule has 5 nitrogen and oxygen atoms in total. The van der Waals surface area contributed by atoms with Crippen molar-refractivity contribution >= 4 is 5.96 Å². The molecule has 1 atom stereocenters. The van der Waals surface area contributed by atoms with E-state index in [0.717, 1.165) is 25.6 Å². The van der Waals surface area contributed by atoms with Crippen LogP contribution in [0.4, 0.5) is 0 Å². The van der Waals surface area contributed by atoms with Crippen LogP contribution in [0.15, 0.2) is 29.3 Å². The summed E-state index contributed by atoms with van der Waals surface area (Å²) in [6, 6.07) is 8.48. The van der Waals surface area contributed by atoms with E-state index >= 15 is 0 Å². The van der Waals surface area contributed by atoms with Crippen LogP contribution in [0.1, 0.15) is 38.8 Å². The normalized spacial score (nSPS) is 13.8. The van der Waals surface area contributed by atoms with Crippen LogP contribution in [0, 0.1) is 5.41 Å². The van der Waals surface area contributed by atoms with Gasteiger partial charge in [-0.15, -0.1) is 0 Å². The fourth-order valence-electron chi connectivity index (χ4n) is 2.65. The van der Waals surface area contributed by atoms with E-state index in [9.17, 15) is 0 Å². The van der Waals surface area contributed by atoms with Gasteiger partial charge in [-0.25, -0.2) is 4.99 Å². The van der Waals surface area contributed by atoms with Gasteiger partial charge in [-0.1, -0.05) is 45.0 Å². The van der Waals surface area contributed by atoms with E-state index in [4.69, 9.17) is 9.73 Å². The molecule has 0 saturated carbocycles. The van der Waals surface area contributed by atoms with Crippen molar-refractivity contribution in [2.75, 3.05) is 34.3 Å². The molecular weight excluding hydrogens is 312 g/mol. The van der Waals surface area contributed by atoms with Gasteiger partial charge in [-0.3, -0.25) is 0 Å². The van der Waals surface area contributed by atoms with Gasteiger partial charge < -0.3 is 20.3 Å². The highest BCUT2D eigenvalue weighted by Gasteiger charge is 2.24. The molecule has 0 amide bonds. The lowest BCUT2D eigenvalue weighted by atomic mass is 9.89. The molecule has 0 aliphatic heterocycles. The summed E-state index contributed by atoms with van der Waals surface area (Å²) in [5.41, 5.74) is 2.65. The number of benzene rings is 1. The molecule has 25 heavy (non-hydrogen) atoms. The number of aliphatic imine (C=N–C) groups is 1. The number of hydrogen-bond acceptors (Lipinski definition) is 3. The van der Waals surface area contributed by atoms with Crippen molar-refractivity contribution in [3.8, 4) is 0 Å². The van der Waals surface area contributed by atoms with Gasteiger partial charge in [0.15, 0.2) is 5.96 Å². The van der Waals surface area contributed by atoms with Crippen LogP contribution in [0.25, 0.3) is 0 Å². The third-order valence-electron chi connectivity index (χ3n) is 4.06. The van der Waals surface area contributed by atoms with Gasteiger partial charge in [-0.2, -0.15) is 0 Å². The molecule has 2 N–H and O–H groups in total. The molecule has 142 valence electrons. The highest BCUT2D eigenvalue weighted by molar-refractivity contribution is 5.79. The van der Waals surface area contributed by atoms with E-state index in [0.29, 0.717) is 6.54 Å². The zero-order valence-electron chi connectivity index (χ0n) is 17.0. The zero-order valence-corrected chi connectivity index (χ0v) is 17.0. The summed E-state index contributed by atoms with van der Waals surface area (Å²) in [6.45, 7) is 11.8. The largest absolute Gasteiger partial charge is 0.379 e. The molecule has 1 unspecified atom stereocenters. The number of ether oxygens (including phenoxy) is 1. The van der Waals surface area contributed by atoms with Crippen molar-refractivity contribution in [1.82, 2.24) is 15.5 Å². The predicted octanol–water partition coefficient (Wildman–Crippen LogP) is 2.86. The van der Waals surface area contributed by atoms with Crippen LogP contribution in [-0.2, 0) is 17.8 Å². The molecule has 0 heterocycles. The third-order valence-corrected chi connectivity index (χ3v) is 4.06. The number of guanidine groups is 1. The fourth-order valence-corrected chi connectivity index (χ4v) is 2.65. The molecule has 0 spiro atoms. The molecule has 1 rings (SSSR count). The third kappa shape index (κ3) is 7.88. The van der Waals surface area contributed by atoms with Gasteiger partial charge >= 0.3 is 0 Å². The lowest BCUT2D eigenvalue weighted by molar-refractivity contribution is 0.0205. The summed E-state index contributed by atoms with van der Waals surface area (Å²) < 4.78 is 5.62. The van der Waals surface area contributed by atoms with Crippen molar-refractivity contribution in [2.45, 2.75) is 46.9 Å². The molecule has 0 radical (unpaired) electrons. The highest BCUT2D eigenvalue weighted by Crippen LogP contribution is 2.21. The minimum atomic E-state index is 0.0807. The Morgan fingerprint density at radius 1 is 1.16 bits per heavy atom. The maximum Gasteiger partial charge on any atom is 0.191 e. The second-order valence-electron chi connectivity index (χ2n) is 7.67. The second-order valence-corrected chi connectivity index (χ2v) is 7.67.